The first-order valence-corrected chi connectivity index (χ1v) is 7.28. The van der Waals surface area contributed by atoms with Gasteiger partial charge in [-0.2, -0.15) is 0 Å². The van der Waals surface area contributed by atoms with E-state index in [1.54, 1.807) is 12.1 Å². The molecule has 0 aliphatic rings. The van der Waals surface area contributed by atoms with Crippen LogP contribution in [0.2, 0.25) is 0 Å². The Bertz CT molecular complexity index is 559. The third-order valence-electron chi connectivity index (χ3n) is 3.22. The summed E-state index contributed by atoms with van der Waals surface area (Å²) in [6, 6.07) is 14.1. The molecule has 0 bridgehead atoms. The van der Waals surface area contributed by atoms with Gasteiger partial charge in [-0.05, 0) is 42.3 Å². The third-order valence-corrected chi connectivity index (χ3v) is 3.71. The standard InChI is InChI=1S/C16H17BrFNO/c1-11(13-3-2-4-14(17)9-13)19-10-16(20)12-5-7-15(18)8-6-12/h2-9,11,16,19-20H,10H2,1H3/t11-,16?/m0/s1. The zero-order chi connectivity index (χ0) is 14.5. The van der Waals surface area contributed by atoms with E-state index < -0.39 is 6.10 Å². The highest BCUT2D eigenvalue weighted by atomic mass is 79.9. The maximum atomic E-state index is 12.8. The van der Waals surface area contributed by atoms with E-state index in [9.17, 15) is 9.50 Å². The molecular weight excluding hydrogens is 321 g/mol. The number of hydrogen-bond acceptors (Lipinski definition) is 2. The van der Waals surface area contributed by atoms with Gasteiger partial charge in [0.15, 0.2) is 0 Å². The molecule has 0 fully saturated rings. The number of benzene rings is 2. The van der Waals surface area contributed by atoms with Crippen molar-refractivity contribution in [2.45, 2.75) is 19.1 Å². The van der Waals surface area contributed by atoms with Crippen molar-refractivity contribution < 1.29 is 9.50 Å². The molecule has 2 atom stereocenters. The van der Waals surface area contributed by atoms with E-state index in [-0.39, 0.29) is 11.9 Å². The SMILES string of the molecule is C[C@H](NCC(O)c1ccc(F)cc1)c1cccc(Br)c1. The van der Waals surface area contributed by atoms with Crippen molar-refractivity contribution in [2.24, 2.45) is 0 Å². The third kappa shape index (κ3) is 4.13. The van der Waals surface area contributed by atoms with Crippen LogP contribution < -0.4 is 5.32 Å². The van der Waals surface area contributed by atoms with Gasteiger partial charge in [0.05, 0.1) is 6.10 Å². The van der Waals surface area contributed by atoms with Gasteiger partial charge in [0, 0.05) is 17.1 Å². The van der Waals surface area contributed by atoms with Crippen LogP contribution in [0.15, 0.2) is 53.0 Å². The van der Waals surface area contributed by atoms with Crippen LogP contribution in [0.5, 0.6) is 0 Å². The number of aliphatic hydroxyl groups excluding tert-OH is 1. The summed E-state index contributed by atoms with van der Waals surface area (Å²) in [6.07, 6.45) is -0.648. The fourth-order valence-corrected chi connectivity index (χ4v) is 2.40. The Morgan fingerprint density at radius 3 is 2.50 bits per heavy atom. The van der Waals surface area contributed by atoms with Crippen LogP contribution in [0.25, 0.3) is 0 Å². The largest absolute Gasteiger partial charge is 0.387 e. The molecule has 20 heavy (non-hydrogen) atoms. The molecule has 0 aliphatic carbocycles. The molecule has 0 saturated carbocycles. The van der Waals surface area contributed by atoms with E-state index in [2.05, 4.69) is 21.2 Å². The van der Waals surface area contributed by atoms with Crippen molar-refractivity contribution >= 4 is 15.9 Å². The first-order chi connectivity index (χ1) is 9.56. The Kier molecular flexibility index (Phi) is 5.29. The van der Waals surface area contributed by atoms with Crippen molar-refractivity contribution in [3.8, 4) is 0 Å². The van der Waals surface area contributed by atoms with Crippen LogP contribution in [0.4, 0.5) is 4.39 Å². The van der Waals surface area contributed by atoms with Gasteiger partial charge < -0.3 is 10.4 Å². The van der Waals surface area contributed by atoms with Crippen LogP contribution in [-0.2, 0) is 0 Å². The van der Waals surface area contributed by atoms with Crippen molar-refractivity contribution in [1.82, 2.24) is 5.32 Å². The second-order valence-corrected chi connectivity index (χ2v) is 5.67. The molecule has 0 aromatic heterocycles. The minimum absolute atomic E-state index is 0.127. The lowest BCUT2D eigenvalue weighted by atomic mass is 10.1. The van der Waals surface area contributed by atoms with Crippen molar-refractivity contribution in [1.29, 1.82) is 0 Å². The predicted octanol–water partition coefficient (Wildman–Crippen LogP) is 3.97. The van der Waals surface area contributed by atoms with Crippen molar-refractivity contribution in [3.05, 3.63) is 69.9 Å². The maximum absolute atomic E-state index is 12.8. The van der Waals surface area contributed by atoms with Gasteiger partial charge >= 0.3 is 0 Å². The summed E-state index contributed by atoms with van der Waals surface area (Å²) in [5.41, 5.74) is 1.85. The average molecular weight is 338 g/mol. The second kappa shape index (κ2) is 6.97. The Balaban J connectivity index is 1.93. The molecule has 2 aromatic carbocycles. The zero-order valence-electron chi connectivity index (χ0n) is 11.2. The molecule has 2 aromatic rings. The normalized spacial score (nSPS) is 14.0. The van der Waals surface area contributed by atoms with Gasteiger partial charge in [-0.25, -0.2) is 4.39 Å². The minimum atomic E-state index is -0.648. The summed E-state index contributed by atoms with van der Waals surface area (Å²) in [7, 11) is 0. The van der Waals surface area contributed by atoms with E-state index in [1.165, 1.54) is 12.1 Å². The van der Waals surface area contributed by atoms with Gasteiger partial charge in [0.2, 0.25) is 0 Å². The van der Waals surface area contributed by atoms with E-state index >= 15 is 0 Å². The van der Waals surface area contributed by atoms with Gasteiger partial charge in [0.1, 0.15) is 5.82 Å². The molecule has 0 saturated heterocycles. The number of nitrogens with one attached hydrogen (secondary N) is 1. The van der Waals surface area contributed by atoms with Gasteiger partial charge in [-0.15, -0.1) is 0 Å². The average Bonchev–Trinajstić information content (AvgIpc) is 2.45. The van der Waals surface area contributed by atoms with Crippen LogP contribution in [-0.4, -0.2) is 11.7 Å². The molecule has 2 N–H and O–H groups in total. The molecule has 2 rings (SSSR count). The van der Waals surface area contributed by atoms with Gasteiger partial charge in [-0.3, -0.25) is 0 Å². The Labute approximate surface area is 126 Å². The van der Waals surface area contributed by atoms with E-state index in [4.69, 9.17) is 0 Å². The monoisotopic (exact) mass is 337 g/mol. The minimum Gasteiger partial charge on any atom is -0.387 e. The highest BCUT2D eigenvalue weighted by molar-refractivity contribution is 9.10. The van der Waals surface area contributed by atoms with Crippen LogP contribution in [0.3, 0.4) is 0 Å². The molecule has 0 aliphatic heterocycles. The van der Waals surface area contributed by atoms with E-state index in [0.29, 0.717) is 12.1 Å². The molecule has 0 heterocycles. The van der Waals surface area contributed by atoms with E-state index in [0.717, 1.165) is 10.0 Å². The van der Waals surface area contributed by atoms with E-state index in [1.807, 2.05) is 31.2 Å². The van der Waals surface area contributed by atoms with Crippen molar-refractivity contribution in [2.75, 3.05) is 6.54 Å². The van der Waals surface area contributed by atoms with Crippen molar-refractivity contribution in [3.63, 3.8) is 0 Å². The number of aliphatic hydroxyl groups is 1. The molecular formula is C16H17BrFNO. The summed E-state index contributed by atoms with van der Waals surface area (Å²) in [4.78, 5) is 0. The van der Waals surface area contributed by atoms with Gasteiger partial charge in [-0.1, -0.05) is 40.2 Å². The topological polar surface area (TPSA) is 32.3 Å². The quantitative estimate of drug-likeness (QED) is 0.865. The zero-order valence-corrected chi connectivity index (χ0v) is 12.8. The molecule has 0 spiro atoms. The number of halogens is 2. The molecule has 0 amide bonds. The first-order valence-electron chi connectivity index (χ1n) is 6.48. The maximum Gasteiger partial charge on any atom is 0.123 e. The molecule has 4 heteroatoms. The van der Waals surface area contributed by atoms with Gasteiger partial charge in [0.25, 0.3) is 0 Å². The predicted molar refractivity (Wildman–Crippen MR) is 81.9 cm³/mol. The summed E-state index contributed by atoms with van der Waals surface area (Å²) in [5, 5.41) is 13.3. The number of rotatable bonds is 5. The fourth-order valence-electron chi connectivity index (χ4n) is 1.98. The summed E-state index contributed by atoms with van der Waals surface area (Å²) < 4.78 is 13.9. The first kappa shape index (κ1) is 15.2. The Morgan fingerprint density at radius 2 is 1.85 bits per heavy atom. The van der Waals surface area contributed by atoms with Crippen LogP contribution in [0.1, 0.15) is 30.2 Å². The highest BCUT2D eigenvalue weighted by Gasteiger charge is 2.10. The Hall–Kier alpha value is -1.23. The fraction of sp³-hybridized carbons (Fsp3) is 0.250. The lowest BCUT2D eigenvalue weighted by Crippen LogP contribution is -2.24. The second-order valence-electron chi connectivity index (χ2n) is 4.75. The summed E-state index contributed by atoms with van der Waals surface area (Å²) >= 11 is 3.44. The molecule has 106 valence electrons. The highest BCUT2D eigenvalue weighted by Crippen LogP contribution is 2.19. The van der Waals surface area contributed by atoms with Crippen LogP contribution >= 0.6 is 15.9 Å². The summed E-state index contributed by atoms with van der Waals surface area (Å²) in [5.74, 6) is -0.295. The lowest BCUT2D eigenvalue weighted by Gasteiger charge is -2.18. The van der Waals surface area contributed by atoms with Crippen LogP contribution in [0, 0.1) is 5.82 Å². The molecule has 2 nitrogen and oxygen atoms in total. The smallest absolute Gasteiger partial charge is 0.123 e. The molecule has 1 unspecified atom stereocenters. The molecule has 0 radical (unpaired) electrons. The lowest BCUT2D eigenvalue weighted by molar-refractivity contribution is 0.170. The number of hydrogen-bond donors (Lipinski definition) is 2. The Morgan fingerprint density at radius 1 is 1.15 bits per heavy atom. The summed E-state index contributed by atoms with van der Waals surface area (Å²) in [6.45, 7) is 2.46.